The zero-order chi connectivity index (χ0) is 12.2. The van der Waals surface area contributed by atoms with E-state index in [1.165, 1.54) is 6.33 Å². The van der Waals surface area contributed by atoms with Crippen LogP contribution in [0.25, 0.3) is 0 Å². The monoisotopic (exact) mass is 238 g/mol. The van der Waals surface area contributed by atoms with Crippen molar-refractivity contribution in [1.82, 2.24) is 9.55 Å². The molecule has 0 saturated heterocycles. The summed E-state index contributed by atoms with van der Waals surface area (Å²) >= 11 is 0. The number of hydrogen-bond donors (Lipinski definition) is 1. The number of anilines is 1. The van der Waals surface area contributed by atoms with Crippen molar-refractivity contribution < 1.29 is 4.74 Å². The minimum Gasteiger partial charge on any atom is -0.381 e. The molecule has 88 valence electrons. The van der Waals surface area contributed by atoms with Gasteiger partial charge in [0.25, 0.3) is 0 Å². The van der Waals surface area contributed by atoms with Gasteiger partial charge in [-0.2, -0.15) is 5.26 Å². The van der Waals surface area contributed by atoms with Crippen molar-refractivity contribution in [1.29, 1.82) is 5.26 Å². The summed E-state index contributed by atoms with van der Waals surface area (Å²) in [5.74, 6) is 0.260. The van der Waals surface area contributed by atoms with Crippen LogP contribution in [-0.2, 0) is 11.5 Å². The molecule has 0 spiro atoms. The van der Waals surface area contributed by atoms with Gasteiger partial charge in [-0.1, -0.05) is 19.6 Å². The summed E-state index contributed by atoms with van der Waals surface area (Å²) in [5, 5.41) is 8.83. The maximum absolute atomic E-state index is 8.83. The van der Waals surface area contributed by atoms with Gasteiger partial charge in [-0.05, 0) is 6.04 Å². The van der Waals surface area contributed by atoms with E-state index in [0.717, 1.165) is 12.7 Å². The van der Waals surface area contributed by atoms with E-state index >= 15 is 0 Å². The van der Waals surface area contributed by atoms with Crippen LogP contribution in [0, 0.1) is 11.3 Å². The summed E-state index contributed by atoms with van der Waals surface area (Å²) in [6.07, 6.45) is 1.53. The molecule has 0 aliphatic heterocycles. The topological polar surface area (TPSA) is 76.9 Å². The number of nitrogens with two attached hydrogens (primary N) is 1. The Morgan fingerprint density at radius 2 is 2.25 bits per heavy atom. The molecule has 1 heterocycles. The Morgan fingerprint density at radius 1 is 1.56 bits per heavy atom. The fourth-order valence-electron chi connectivity index (χ4n) is 1.16. The lowest BCUT2D eigenvalue weighted by Gasteiger charge is -2.15. The first-order chi connectivity index (χ1) is 7.44. The molecule has 6 heteroatoms. The number of ether oxygens (including phenoxy) is 1. The molecule has 0 amide bonds. The van der Waals surface area contributed by atoms with Crippen molar-refractivity contribution in [2.75, 3.05) is 12.3 Å². The Bertz CT molecular complexity index is 389. The Labute approximate surface area is 96.9 Å². The van der Waals surface area contributed by atoms with E-state index < -0.39 is 8.07 Å². The van der Waals surface area contributed by atoms with E-state index in [2.05, 4.69) is 24.6 Å². The molecule has 0 fully saturated rings. The normalized spacial score (nSPS) is 11.4. The van der Waals surface area contributed by atoms with Crippen LogP contribution in [0.4, 0.5) is 5.82 Å². The molecule has 0 unspecified atom stereocenters. The fourth-order valence-corrected chi connectivity index (χ4v) is 1.92. The smallest absolute Gasteiger partial charge is 0.165 e. The molecule has 1 aromatic rings. The highest BCUT2D eigenvalue weighted by Gasteiger charge is 2.12. The van der Waals surface area contributed by atoms with Crippen LogP contribution in [0.1, 0.15) is 5.69 Å². The zero-order valence-electron chi connectivity index (χ0n) is 10.0. The molecule has 0 bridgehead atoms. The summed E-state index contributed by atoms with van der Waals surface area (Å²) in [6.45, 7) is 7.96. The summed E-state index contributed by atoms with van der Waals surface area (Å²) < 4.78 is 7.13. The second-order valence-electron chi connectivity index (χ2n) is 4.91. The van der Waals surface area contributed by atoms with Gasteiger partial charge in [0.15, 0.2) is 11.5 Å². The maximum Gasteiger partial charge on any atom is 0.165 e. The van der Waals surface area contributed by atoms with Crippen LogP contribution >= 0.6 is 0 Å². The van der Waals surface area contributed by atoms with Crippen LogP contribution in [0.15, 0.2) is 6.33 Å². The molecule has 1 rings (SSSR count). The van der Waals surface area contributed by atoms with Crippen LogP contribution in [0.2, 0.25) is 25.7 Å². The van der Waals surface area contributed by atoms with Gasteiger partial charge >= 0.3 is 0 Å². The average molecular weight is 238 g/mol. The van der Waals surface area contributed by atoms with Crippen molar-refractivity contribution in [3.8, 4) is 6.07 Å². The third kappa shape index (κ3) is 3.68. The van der Waals surface area contributed by atoms with E-state index in [0.29, 0.717) is 12.4 Å². The average Bonchev–Trinajstić information content (AvgIpc) is 2.52. The molecular formula is C10H18N4OSi. The number of imidazole rings is 1. The van der Waals surface area contributed by atoms with Gasteiger partial charge in [0, 0.05) is 14.7 Å². The molecule has 2 N–H and O–H groups in total. The molecule has 5 nitrogen and oxygen atoms in total. The van der Waals surface area contributed by atoms with E-state index in [9.17, 15) is 0 Å². The molecule has 0 atom stereocenters. The first-order valence-electron chi connectivity index (χ1n) is 5.22. The lowest BCUT2D eigenvalue weighted by molar-refractivity contribution is 0.0866. The quantitative estimate of drug-likeness (QED) is 0.625. The number of nitrogen functional groups attached to an aromatic ring is 1. The van der Waals surface area contributed by atoms with Gasteiger partial charge in [0.05, 0.1) is 0 Å². The Kier molecular flexibility index (Phi) is 4.10. The van der Waals surface area contributed by atoms with Gasteiger partial charge in [-0.25, -0.2) is 4.98 Å². The van der Waals surface area contributed by atoms with Crippen LogP contribution < -0.4 is 5.73 Å². The van der Waals surface area contributed by atoms with Crippen LogP contribution in [0.5, 0.6) is 0 Å². The molecule has 1 aromatic heterocycles. The lowest BCUT2D eigenvalue weighted by atomic mass is 10.5. The molecule has 0 radical (unpaired) electrons. The van der Waals surface area contributed by atoms with E-state index in [1.54, 1.807) is 4.57 Å². The van der Waals surface area contributed by atoms with E-state index in [-0.39, 0.29) is 5.82 Å². The number of nitrogens with zero attached hydrogens (tertiary/aromatic N) is 3. The Hall–Kier alpha value is -1.32. The van der Waals surface area contributed by atoms with E-state index in [1.807, 2.05) is 6.07 Å². The highest BCUT2D eigenvalue weighted by molar-refractivity contribution is 6.76. The van der Waals surface area contributed by atoms with Crippen molar-refractivity contribution in [2.45, 2.75) is 32.4 Å². The van der Waals surface area contributed by atoms with Crippen LogP contribution in [0.3, 0.4) is 0 Å². The second-order valence-corrected chi connectivity index (χ2v) is 10.5. The van der Waals surface area contributed by atoms with Crippen molar-refractivity contribution in [3.63, 3.8) is 0 Å². The predicted octanol–water partition coefficient (Wildman–Crippen LogP) is 1.65. The maximum atomic E-state index is 8.83. The number of aromatic nitrogens is 2. The minimum absolute atomic E-state index is 0.260. The Morgan fingerprint density at radius 3 is 2.81 bits per heavy atom. The molecule has 0 aromatic carbocycles. The Balaban J connectivity index is 2.41. The van der Waals surface area contributed by atoms with Gasteiger partial charge < -0.3 is 10.5 Å². The SMILES string of the molecule is C[Si](C)(C)CCOCn1cnc(N)c1C#N. The fraction of sp³-hybridized carbons (Fsp3) is 0.600. The summed E-state index contributed by atoms with van der Waals surface area (Å²) in [6, 6.07) is 3.12. The molecule has 0 aliphatic rings. The second kappa shape index (κ2) is 5.14. The predicted molar refractivity (Wildman–Crippen MR) is 65.5 cm³/mol. The first-order valence-corrected chi connectivity index (χ1v) is 8.93. The van der Waals surface area contributed by atoms with Gasteiger partial charge in [-0.15, -0.1) is 0 Å². The molecule has 0 saturated carbocycles. The van der Waals surface area contributed by atoms with Crippen molar-refractivity contribution in [2.24, 2.45) is 0 Å². The first kappa shape index (κ1) is 12.7. The van der Waals surface area contributed by atoms with Gasteiger partial charge in [0.2, 0.25) is 0 Å². The number of hydrogen-bond acceptors (Lipinski definition) is 4. The summed E-state index contributed by atoms with van der Waals surface area (Å²) in [7, 11) is -1.05. The highest BCUT2D eigenvalue weighted by atomic mass is 28.3. The van der Waals surface area contributed by atoms with Gasteiger partial charge in [-0.3, -0.25) is 4.57 Å². The van der Waals surface area contributed by atoms with E-state index in [4.69, 9.17) is 15.7 Å². The summed E-state index contributed by atoms with van der Waals surface area (Å²) in [4.78, 5) is 3.86. The largest absolute Gasteiger partial charge is 0.381 e. The number of nitriles is 1. The van der Waals surface area contributed by atoms with Crippen molar-refractivity contribution >= 4 is 13.9 Å². The summed E-state index contributed by atoms with van der Waals surface area (Å²) in [5.41, 5.74) is 5.89. The zero-order valence-corrected chi connectivity index (χ0v) is 11.0. The third-order valence-electron chi connectivity index (χ3n) is 2.20. The van der Waals surface area contributed by atoms with Crippen molar-refractivity contribution in [3.05, 3.63) is 12.0 Å². The van der Waals surface area contributed by atoms with Gasteiger partial charge in [0.1, 0.15) is 19.1 Å². The highest BCUT2D eigenvalue weighted by Crippen LogP contribution is 2.10. The minimum atomic E-state index is -1.05. The lowest BCUT2D eigenvalue weighted by Crippen LogP contribution is -2.22. The number of rotatable bonds is 5. The molecule has 0 aliphatic carbocycles. The standard InChI is InChI=1S/C10H18N4OSi/c1-16(2,3)5-4-15-8-14-7-13-10(12)9(14)6-11/h7H,4-5,8,12H2,1-3H3. The third-order valence-corrected chi connectivity index (χ3v) is 3.90. The molecule has 16 heavy (non-hydrogen) atoms. The van der Waals surface area contributed by atoms with Crippen LogP contribution in [-0.4, -0.2) is 24.2 Å². The molecular weight excluding hydrogens is 220 g/mol.